The van der Waals surface area contributed by atoms with Gasteiger partial charge in [-0.25, -0.2) is 9.28 Å². The zero-order chi connectivity index (χ0) is 66.6. The van der Waals surface area contributed by atoms with E-state index >= 15 is 14.4 Å². The Balaban J connectivity index is 3.00. The average Bonchev–Trinajstić information content (AvgIpc) is 1.54. The highest BCUT2D eigenvalue weighted by molar-refractivity contribution is 6.02. The maximum Gasteiger partial charge on any atom is 0.336 e. The number of quaternary nitrogens is 1. The minimum absolute atomic E-state index is 0.0230. The highest BCUT2D eigenvalue weighted by Gasteiger charge is 2.74. The van der Waals surface area contributed by atoms with Crippen LogP contribution >= 0.6 is 0 Å². The summed E-state index contributed by atoms with van der Waals surface area (Å²) in [5.74, 6) is -10.4. The molecule has 0 aromatic carbocycles. The number of hydrogen-bond donors (Lipinski definition) is 5. The van der Waals surface area contributed by atoms with E-state index in [-0.39, 0.29) is 42.7 Å². The van der Waals surface area contributed by atoms with Crippen LogP contribution in [0.5, 0.6) is 0 Å². The molecule has 11 amide bonds. The zero-order valence-electron chi connectivity index (χ0n) is 56.4. The first-order valence-electron chi connectivity index (χ1n) is 30.9. The summed E-state index contributed by atoms with van der Waals surface area (Å²) in [6.45, 7) is 33.7. The molecular weight excluding hydrogens is 1100 g/mol. The smallest absolute Gasteiger partial charge is 0.336 e. The molecule has 0 saturated carbocycles. The van der Waals surface area contributed by atoms with Gasteiger partial charge in [0, 0.05) is 48.2 Å². The maximum absolute atomic E-state index is 15.2. The second-order valence-corrected chi connectivity index (χ2v) is 26.4. The number of carbonyl (C=O) groups is 11. The number of nitrogens with one attached hydrogen (secondary N) is 4. The van der Waals surface area contributed by atoms with E-state index in [0.717, 1.165) is 14.7 Å². The normalized spacial score (nSPS) is 30.0. The molecule has 23 heteroatoms. The van der Waals surface area contributed by atoms with Gasteiger partial charge in [-0.1, -0.05) is 122 Å². The van der Waals surface area contributed by atoms with Gasteiger partial charge in [0.1, 0.15) is 60.1 Å². The van der Waals surface area contributed by atoms with Crippen molar-refractivity contribution in [1.82, 2.24) is 50.7 Å². The van der Waals surface area contributed by atoms with E-state index in [9.17, 15) is 43.5 Å². The summed E-state index contributed by atoms with van der Waals surface area (Å²) in [4.78, 5) is 168. The van der Waals surface area contributed by atoms with Crippen molar-refractivity contribution in [2.24, 2.45) is 41.4 Å². The fourth-order valence-electron chi connectivity index (χ4n) is 12.0. The maximum atomic E-state index is 15.2. The van der Waals surface area contributed by atoms with Gasteiger partial charge >= 0.3 is 5.91 Å². The molecule has 488 valence electrons. The van der Waals surface area contributed by atoms with E-state index in [4.69, 9.17) is 0 Å². The van der Waals surface area contributed by atoms with Crippen molar-refractivity contribution in [3.63, 3.8) is 0 Å². The van der Waals surface area contributed by atoms with Gasteiger partial charge in [-0.3, -0.25) is 47.9 Å². The molecule has 23 nitrogen and oxygen atoms in total. The van der Waals surface area contributed by atoms with Crippen molar-refractivity contribution in [1.29, 1.82) is 0 Å². The van der Waals surface area contributed by atoms with Gasteiger partial charge in [-0.2, -0.15) is 0 Å². The van der Waals surface area contributed by atoms with Crippen LogP contribution in [0.2, 0.25) is 0 Å². The second kappa shape index (κ2) is 32.1. The zero-order valence-corrected chi connectivity index (χ0v) is 56.4. The van der Waals surface area contributed by atoms with Crippen LogP contribution in [0, 0.1) is 41.4 Å². The fourth-order valence-corrected chi connectivity index (χ4v) is 12.0. The van der Waals surface area contributed by atoms with Gasteiger partial charge in [-0.15, -0.1) is 0 Å². The highest BCUT2D eigenvalue weighted by Crippen LogP contribution is 2.45. The number of allylic oxidation sites excluding steroid dienone is 2. The summed E-state index contributed by atoms with van der Waals surface area (Å²) in [6, 6.07) is -12.9. The number of rotatable bonds is 14. The predicted octanol–water partition coefficient (Wildman–Crippen LogP) is 3.29. The number of likely N-dealkylation sites (N-methyl/N-ethyl adjacent to an activating group) is 7. The number of fused-ring (bicyclic) bond motifs is 1. The second-order valence-electron chi connectivity index (χ2n) is 26.4. The Kier molecular flexibility index (Phi) is 28.3. The Morgan fingerprint density at radius 1 is 0.558 bits per heavy atom. The minimum atomic E-state index is -1.63. The Bertz CT molecular complexity index is 2500. The lowest BCUT2D eigenvalue weighted by Gasteiger charge is -2.40. The minimum Gasteiger partial charge on any atom is -0.390 e. The van der Waals surface area contributed by atoms with Crippen molar-refractivity contribution >= 4 is 65.0 Å². The van der Waals surface area contributed by atoms with E-state index < -0.39 is 166 Å². The molecule has 0 aromatic rings. The van der Waals surface area contributed by atoms with Crippen LogP contribution in [0.25, 0.3) is 0 Å². The summed E-state index contributed by atoms with van der Waals surface area (Å²) in [7, 11) is 9.99. The Morgan fingerprint density at radius 2 is 1.06 bits per heavy atom. The van der Waals surface area contributed by atoms with Crippen molar-refractivity contribution in [2.45, 2.75) is 222 Å². The molecule has 86 heavy (non-hydrogen) atoms. The Morgan fingerprint density at radius 3 is 1.53 bits per heavy atom. The third-order valence-electron chi connectivity index (χ3n) is 17.7. The summed E-state index contributed by atoms with van der Waals surface area (Å²) >= 11 is 0. The Hall–Kier alpha value is -6.23. The van der Waals surface area contributed by atoms with Crippen LogP contribution in [0.15, 0.2) is 24.4 Å². The molecule has 15 atom stereocenters. The van der Waals surface area contributed by atoms with Gasteiger partial charge in [-0.05, 0) is 82.0 Å². The lowest BCUT2D eigenvalue weighted by molar-refractivity contribution is -0.723. The van der Waals surface area contributed by atoms with Crippen molar-refractivity contribution in [3.05, 3.63) is 24.4 Å². The molecule has 0 bridgehead atoms. The summed E-state index contributed by atoms with van der Waals surface area (Å²) < 4.78 is -0.408. The van der Waals surface area contributed by atoms with Crippen LogP contribution in [0.4, 0.5) is 0 Å². The molecule has 2 aliphatic rings. The van der Waals surface area contributed by atoms with Gasteiger partial charge in [0.2, 0.25) is 53.3 Å². The number of aliphatic hydroxyl groups is 1. The predicted molar refractivity (Wildman–Crippen MR) is 330 cm³/mol. The molecule has 2 saturated heterocycles. The highest BCUT2D eigenvalue weighted by atomic mass is 16.3. The van der Waals surface area contributed by atoms with Crippen LogP contribution in [0.3, 0.4) is 0 Å². The number of hydrogen-bond acceptors (Lipinski definition) is 12. The van der Waals surface area contributed by atoms with Crippen LogP contribution in [0.1, 0.15) is 150 Å². The third kappa shape index (κ3) is 17.5. The van der Waals surface area contributed by atoms with E-state index in [1.165, 1.54) is 70.8 Å². The summed E-state index contributed by atoms with van der Waals surface area (Å²) in [5, 5.41) is 23.2. The monoisotopic (exact) mass is 1210 g/mol. The molecule has 0 radical (unpaired) electrons. The lowest BCUT2D eigenvalue weighted by atomic mass is 9.91. The fraction of sp³-hybridized carbons (Fsp3) is 0.762. The topological polar surface area (TPSA) is 276 Å². The van der Waals surface area contributed by atoms with Gasteiger partial charge in [0.05, 0.1) is 13.2 Å². The molecule has 2 aliphatic heterocycles. The first kappa shape index (κ1) is 75.9. The van der Waals surface area contributed by atoms with Gasteiger partial charge < -0.3 is 55.8 Å². The number of amides is 11. The molecule has 2 rings (SSSR count). The van der Waals surface area contributed by atoms with Crippen LogP contribution in [-0.2, 0) is 52.7 Å². The summed E-state index contributed by atoms with van der Waals surface area (Å²) in [5.41, 5.74) is -0.361. The number of aliphatic hydroxyl groups excluding tert-OH is 1. The van der Waals surface area contributed by atoms with Gasteiger partial charge in [0.15, 0.2) is 6.04 Å². The molecule has 3 unspecified atom stereocenters. The third-order valence-corrected chi connectivity index (χ3v) is 17.7. The average molecular weight is 1210 g/mol. The quantitative estimate of drug-likeness (QED) is 0.0726. The van der Waals surface area contributed by atoms with Crippen molar-refractivity contribution < 1.29 is 62.3 Å². The first-order valence-corrected chi connectivity index (χ1v) is 30.9. The number of carbonyl (C=O) groups excluding carboxylic acids is 11. The SMILES string of the molecule is C=C1C(=O)N(C)[C@@H](C(C)CC)C(=O)N[C@@H](C(C)C)C(=O)N(C)[C@@H](CC(C)C)C(=O)N[C@@H](C)C(=O)N[C@H](C)C(=O)[N+]2(C)C(C(C)C)[C@@H]2C(=O)N(C)[C@@H](CC(C)C)C(=O)N(C)[C@@H](C(C)C)C(=O)N(C)[C@@H]([C@H](O)[C@H](C)C/C=C/C)C(=O)N[C@@H](CC)C(=O)N1C. The molecule has 2 fully saturated rings. The van der Waals surface area contributed by atoms with Crippen molar-refractivity contribution in [3.8, 4) is 0 Å². The van der Waals surface area contributed by atoms with Gasteiger partial charge in [0.25, 0.3) is 11.8 Å². The molecular formula is C63H110N11O12+. The Labute approximate surface area is 513 Å². The van der Waals surface area contributed by atoms with E-state index in [1.807, 2.05) is 48.5 Å². The van der Waals surface area contributed by atoms with E-state index in [1.54, 1.807) is 74.6 Å². The molecule has 5 N–H and O–H groups in total. The van der Waals surface area contributed by atoms with E-state index in [0.29, 0.717) is 12.8 Å². The first-order chi connectivity index (χ1) is 39.7. The summed E-state index contributed by atoms with van der Waals surface area (Å²) in [6.07, 6.45) is 3.04. The van der Waals surface area contributed by atoms with E-state index in [2.05, 4.69) is 27.8 Å². The molecule has 0 aliphatic carbocycles. The molecule has 0 spiro atoms. The lowest BCUT2D eigenvalue weighted by Crippen LogP contribution is -2.63. The van der Waals surface area contributed by atoms with Crippen LogP contribution < -0.4 is 21.3 Å². The van der Waals surface area contributed by atoms with Crippen molar-refractivity contribution in [2.75, 3.05) is 49.3 Å². The molecule has 0 aromatic heterocycles. The van der Waals surface area contributed by atoms with Crippen LogP contribution in [-0.4, -0.2) is 226 Å². The molecule has 2 heterocycles. The standard InChI is InChI=1S/C63H109N11O12/c1-26-29-30-39(15)52(75)49-56(79)66-43(28-3)58(81)68(19)42(18)57(80)72(23)48(38(14)27-2)55(78)67-46(35(8)9)60(83)69(20)44(31-33(4)5)54(77)64-40(16)53(76)65-41(17)63(86)74(25)50(37(12)13)51(74)62(85)70(21)45(32-34(6)7)59(82)71(22)47(36(10)11)61(84)73(49)24/h26,29,33-41,43-52,75H,18,27-28,30-32H2,1-17,19-25H3,(H3-,64,65,66,67,76,77,78,79)/p+1/b29-26+/t38?,39-,40+,41-,43+,44+,45+,46+,47+,48+,49+,50?,51-,52-,74?/m1/s1. The number of nitrogens with zero attached hydrogens (tertiary/aromatic N) is 7. The largest absolute Gasteiger partial charge is 0.390 e.